The molecule has 0 bridgehead atoms. The lowest BCUT2D eigenvalue weighted by molar-refractivity contribution is -0.140. The number of amides is 2. The highest BCUT2D eigenvalue weighted by Gasteiger charge is 2.34. The smallest absolute Gasteiger partial charge is 0.244 e. The molecule has 3 aromatic carbocycles. The van der Waals surface area contributed by atoms with E-state index in [0.717, 1.165) is 41.8 Å². The largest absolute Gasteiger partial charge is 0.352 e. The van der Waals surface area contributed by atoms with Crippen LogP contribution >= 0.6 is 34.8 Å². The molecule has 1 aliphatic carbocycles. The Hall–Kier alpha value is -2.78. The van der Waals surface area contributed by atoms with Crippen LogP contribution in [0.2, 0.25) is 15.1 Å². The molecule has 1 N–H and O–H groups in total. The molecule has 1 fully saturated rings. The molecule has 218 valence electrons. The fourth-order valence-corrected chi connectivity index (χ4v) is 6.42. The number of nitrogens with one attached hydrogen (secondary N) is 1. The van der Waals surface area contributed by atoms with E-state index in [1.807, 2.05) is 30.3 Å². The van der Waals surface area contributed by atoms with Crippen LogP contribution in [0.3, 0.4) is 0 Å². The van der Waals surface area contributed by atoms with E-state index in [2.05, 4.69) is 5.32 Å². The lowest BCUT2D eigenvalue weighted by Gasteiger charge is -2.34. The zero-order chi connectivity index (χ0) is 29.6. The molecule has 0 aromatic heterocycles. The third-order valence-corrected chi connectivity index (χ3v) is 9.10. The molecule has 7 nitrogen and oxygen atoms in total. The van der Waals surface area contributed by atoms with Crippen molar-refractivity contribution in [2.75, 3.05) is 17.1 Å². The van der Waals surface area contributed by atoms with Gasteiger partial charge in [0, 0.05) is 34.1 Å². The average molecular weight is 637 g/mol. The summed E-state index contributed by atoms with van der Waals surface area (Å²) >= 11 is 18.6. The second kappa shape index (κ2) is 13.9. The SMILES string of the molecule is CS(=O)(=O)N(CC(=O)N(Cc1ccc(Cl)cc1Cl)[C@H](Cc1ccccc1)C(=O)NC1CCCC1)c1ccc(Cl)cc1. The number of anilines is 1. The van der Waals surface area contributed by atoms with Gasteiger partial charge >= 0.3 is 0 Å². The summed E-state index contributed by atoms with van der Waals surface area (Å²) in [5.41, 5.74) is 1.72. The van der Waals surface area contributed by atoms with Crippen molar-refractivity contribution in [2.45, 2.75) is 50.7 Å². The summed E-state index contributed by atoms with van der Waals surface area (Å²) in [6.45, 7) is -0.545. The van der Waals surface area contributed by atoms with Crippen LogP contribution in [0.5, 0.6) is 0 Å². The summed E-state index contributed by atoms with van der Waals surface area (Å²) in [7, 11) is -3.87. The Morgan fingerprint density at radius 3 is 2.17 bits per heavy atom. The van der Waals surface area contributed by atoms with E-state index in [1.165, 1.54) is 17.0 Å². The Morgan fingerprint density at radius 2 is 1.56 bits per heavy atom. The van der Waals surface area contributed by atoms with Crippen LogP contribution in [0.25, 0.3) is 0 Å². The van der Waals surface area contributed by atoms with Crippen LogP contribution < -0.4 is 9.62 Å². The summed E-state index contributed by atoms with van der Waals surface area (Å²) in [4.78, 5) is 29.4. The fraction of sp³-hybridized carbons (Fsp3) is 0.333. The average Bonchev–Trinajstić information content (AvgIpc) is 3.44. The van der Waals surface area contributed by atoms with E-state index in [0.29, 0.717) is 20.6 Å². The number of nitrogens with zero attached hydrogens (tertiary/aromatic N) is 2. The molecule has 41 heavy (non-hydrogen) atoms. The third kappa shape index (κ3) is 8.61. The van der Waals surface area contributed by atoms with Crippen LogP contribution in [0.15, 0.2) is 72.8 Å². The number of carbonyl (C=O) groups excluding carboxylic acids is 2. The molecule has 0 spiro atoms. The second-order valence-electron chi connectivity index (χ2n) is 10.2. The lowest BCUT2D eigenvalue weighted by Crippen LogP contribution is -2.54. The van der Waals surface area contributed by atoms with Crippen molar-refractivity contribution < 1.29 is 18.0 Å². The maximum Gasteiger partial charge on any atom is 0.244 e. The standard InChI is InChI=1S/C30H32Cl3N3O4S/c1-41(39,40)36(26-15-13-23(31)14-16-26)20-29(37)35(19-22-11-12-24(32)18-27(22)33)28(17-21-7-3-2-4-8-21)30(38)34-25-9-5-6-10-25/h2-4,7-8,11-16,18,25,28H,5-6,9-10,17,19-20H2,1H3,(H,34,38)/t28-/m1/s1. The van der Waals surface area contributed by atoms with Gasteiger partial charge in [0.1, 0.15) is 12.6 Å². The van der Waals surface area contributed by atoms with Crippen molar-refractivity contribution in [3.8, 4) is 0 Å². The summed E-state index contributed by atoms with van der Waals surface area (Å²) in [6, 6.07) is 19.6. The number of benzene rings is 3. The molecule has 1 aliphatic rings. The first-order valence-corrected chi connectivity index (χ1v) is 16.3. The quantitative estimate of drug-likeness (QED) is 0.275. The number of sulfonamides is 1. The van der Waals surface area contributed by atoms with Crippen LogP contribution in [-0.2, 0) is 32.6 Å². The predicted octanol–water partition coefficient (Wildman–Crippen LogP) is 6.11. The Bertz CT molecular complexity index is 1460. The zero-order valence-electron chi connectivity index (χ0n) is 22.6. The van der Waals surface area contributed by atoms with Gasteiger partial charge in [0.05, 0.1) is 11.9 Å². The Labute approximate surface area is 256 Å². The summed E-state index contributed by atoms with van der Waals surface area (Å²) < 4.78 is 26.7. The molecule has 0 unspecified atom stereocenters. The van der Waals surface area contributed by atoms with Gasteiger partial charge in [-0.1, -0.05) is 84.0 Å². The molecule has 2 amide bonds. The van der Waals surface area contributed by atoms with Crippen LogP contribution in [-0.4, -0.2) is 50.0 Å². The van der Waals surface area contributed by atoms with E-state index < -0.39 is 28.5 Å². The first-order valence-electron chi connectivity index (χ1n) is 13.3. The Kier molecular flexibility index (Phi) is 10.6. The monoisotopic (exact) mass is 635 g/mol. The van der Waals surface area contributed by atoms with E-state index in [1.54, 1.807) is 30.3 Å². The maximum absolute atomic E-state index is 14.1. The lowest BCUT2D eigenvalue weighted by atomic mass is 10.0. The van der Waals surface area contributed by atoms with Crippen molar-refractivity contribution in [3.05, 3.63) is 99.0 Å². The predicted molar refractivity (Wildman–Crippen MR) is 165 cm³/mol. The minimum atomic E-state index is -3.87. The minimum absolute atomic E-state index is 0.0252. The van der Waals surface area contributed by atoms with E-state index in [-0.39, 0.29) is 30.6 Å². The highest BCUT2D eigenvalue weighted by molar-refractivity contribution is 7.92. The van der Waals surface area contributed by atoms with Gasteiger partial charge in [-0.3, -0.25) is 13.9 Å². The summed E-state index contributed by atoms with van der Waals surface area (Å²) in [5, 5.41) is 4.33. The van der Waals surface area contributed by atoms with Crippen molar-refractivity contribution in [1.82, 2.24) is 10.2 Å². The van der Waals surface area contributed by atoms with Gasteiger partial charge in [0.2, 0.25) is 21.8 Å². The molecule has 0 heterocycles. The van der Waals surface area contributed by atoms with Crippen molar-refractivity contribution in [1.29, 1.82) is 0 Å². The van der Waals surface area contributed by atoms with Gasteiger partial charge in [0.25, 0.3) is 0 Å². The van der Waals surface area contributed by atoms with Gasteiger partial charge in [-0.05, 0) is 60.4 Å². The molecule has 3 aromatic rings. The van der Waals surface area contributed by atoms with Gasteiger partial charge in [0.15, 0.2) is 0 Å². The first-order chi connectivity index (χ1) is 19.5. The highest BCUT2D eigenvalue weighted by atomic mass is 35.5. The van der Waals surface area contributed by atoms with E-state index in [4.69, 9.17) is 34.8 Å². The van der Waals surface area contributed by atoms with E-state index >= 15 is 0 Å². The zero-order valence-corrected chi connectivity index (χ0v) is 25.7. The van der Waals surface area contributed by atoms with Gasteiger partial charge in [-0.2, -0.15) is 0 Å². The van der Waals surface area contributed by atoms with Gasteiger partial charge < -0.3 is 10.2 Å². The normalized spacial score (nSPS) is 14.4. The summed E-state index contributed by atoms with van der Waals surface area (Å²) in [6.07, 6.45) is 5.07. The number of carbonyl (C=O) groups is 2. The molecule has 0 saturated heterocycles. The molecule has 4 rings (SSSR count). The topological polar surface area (TPSA) is 86.8 Å². The Balaban J connectivity index is 1.74. The first kappa shape index (κ1) is 31.2. The number of halogens is 3. The van der Waals surface area contributed by atoms with Gasteiger partial charge in [-0.25, -0.2) is 8.42 Å². The Morgan fingerprint density at radius 1 is 0.927 bits per heavy atom. The van der Waals surface area contributed by atoms with Crippen LogP contribution in [0.4, 0.5) is 5.69 Å². The van der Waals surface area contributed by atoms with Gasteiger partial charge in [-0.15, -0.1) is 0 Å². The van der Waals surface area contributed by atoms with Crippen molar-refractivity contribution in [2.24, 2.45) is 0 Å². The van der Waals surface area contributed by atoms with Crippen molar-refractivity contribution >= 4 is 62.3 Å². The molecular formula is C30H32Cl3N3O4S. The molecule has 0 aliphatic heterocycles. The van der Waals surface area contributed by atoms with Crippen molar-refractivity contribution in [3.63, 3.8) is 0 Å². The molecule has 0 radical (unpaired) electrons. The minimum Gasteiger partial charge on any atom is -0.352 e. The van der Waals surface area contributed by atoms with Crippen LogP contribution in [0, 0.1) is 0 Å². The third-order valence-electron chi connectivity index (χ3n) is 7.12. The molecule has 11 heteroatoms. The number of hydrogen-bond donors (Lipinski definition) is 1. The molecule has 1 saturated carbocycles. The number of rotatable bonds is 11. The number of hydrogen-bond acceptors (Lipinski definition) is 4. The molecule has 1 atom stereocenters. The second-order valence-corrected chi connectivity index (χ2v) is 13.4. The molecular weight excluding hydrogens is 605 g/mol. The van der Waals surface area contributed by atoms with Crippen LogP contribution in [0.1, 0.15) is 36.8 Å². The summed E-state index contributed by atoms with van der Waals surface area (Å²) in [5.74, 6) is -0.851. The maximum atomic E-state index is 14.1. The fourth-order valence-electron chi connectivity index (χ4n) is 4.98. The van der Waals surface area contributed by atoms with E-state index in [9.17, 15) is 18.0 Å². The highest BCUT2D eigenvalue weighted by Crippen LogP contribution is 2.26.